The van der Waals surface area contributed by atoms with E-state index in [2.05, 4.69) is 9.99 Å². The minimum atomic E-state index is -0.419. The maximum Gasteiger partial charge on any atom is 0.367 e. The van der Waals surface area contributed by atoms with Gasteiger partial charge in [-0.2, -0.15) is 0 Å². The van der Waals surface area contributed by atoms with E-state index >= 15 is 0 Å². The highest BCUT2D eigenvalue weighted by molar-refractivity contribution is 6.24. The molecule has 2 rings (SSSR count). The van der Waals surface area contributed by atoms with Crippen molar-refractivity contribution in [1.82, 2.24) is 0 Å². The van der Waals surface area contributed by atoms with Crippen molar-refractivity contribution in [2.75, 3.05) is 6.61 Å². The second-order valence-electron chi connectivity index (χ2n) is 4.00. The van der Waals surface area contributed by atoms with Crippen LogP contribution in [0.5, 0.6) is 5.75 Å². The maximum atomic E-state index is 11.5. The van der Waals surface area contributed by atoms with Crippen LogP contribution in [0.2, 0.25) is 0 Å². The fourth-order valence-electron chi connectivity index (χ4n) is 1.62. The highest BCUT2D eigenvalue weighted by Crippen LogP contribution is 2.23. The number of para-hydroxylation sites is 1. The Morgan fingerprint density at radius 2 is 2.17 bits per heavy atom. The Labute approximate surface area is 106 Å². The summed E-state index contributed by atoms with van der Waals surface area (Å²) in [6, 6.07) is 7.59. The number of nitrogens with zero attached hydrogens (tertiary/aromatic N) is 1. The van der Waals surface area contributed by atoms with Gasteiger partial charge in [-0.1, -0.05) is 30.3 Å². The number of oxime groups is 1. The molecular weight excluding hydrogens is 230 g/mol. The molecule has 0 spiro atoms. The summed E-state index contributed by atoms with van der Waals surface area (Å²) < 4.78 is 5.63. The predicted molar refractivity (Wildman–Crippen MR) is 69.4 cm³/mol. The lowest BCUT2D eigenvalue weighted by atomic mass is 10.1. The van der Waals surface area contributed by atoms with Gasteiger partial charge in [0.15, 0.2) is 0 Å². The van der Waals surface area contributed by atoms with Gasteiger partial charge in [0.05, 0.1) is 17.9 Å². The number of carbonyl (C=O) groups is 1. The number of hydrogen-bond acceptors (Lipinski definition) is 4. The van der Waals surface area contributed by atoms with Crippen LogP contribution in [-0.4, -0.2) is 18.3 Å². The van der Waals surface area contributed by atoms with Crippen LogP contribution in [0.15, 0.2) is 35.0 Å². The molecule has 1 heterocycles. The SMILES string of the molecule is CCCOc1ccccc1/C=C1/C(=O)ON=C1C. The summed E-state index contributed by atoms with van der Waals surface area (Å²) in [6.45, 7) is 4.44. The van der Waals surface area contributed by atoms with Crippen LogP contribution in [-0.2, 0) is 9.63 Å². The quantitative estimate of drug-likeness (QED) is 0.605. The molecule has 0 unspecified atom stereocenters. The molecule has 0 amide bonds. The molecule has 94 valence electrons. The normalized spacial score (nSPS) is 16.7. The van der Waals surface area contributed by atoms with Crippen molar-refractivity contribution in [3.63, 3.8) is 0 Å². The van der Waals surface area contributed by atoms with Crippen molar-refractivity contribution in [3.8, 4) is 5.75 Å². The highest BCUT2D eigenvalue weighted by Gasteiger charge is 2.22. The third kappa shape index (κ3) is 2.59. The molecule has 4 heteroatoms. The Bertz CT molecular complexity index is 518. The molecule has 1 aromatic carbocycles. The summed E-state index contributed by atoms with van der Waals surface area (Å²) in [4.78, 5) is 16.1. The van der Waals surface area contributed by atoms with Gasteiger partial charge in [-0.3, -0.25) is 0 Å². The number of carbonyl (C=O) groups excluding carboxylic acids is 1. The van der Waals surface area contributed by atoms with Crippen molar-refractivity contribution in [3.05, 3.63) is 35.4 Å². The second kappa shape index (κ2) is 5.49. The van der Waals surface area contributed by atoms with E-state index in [0.29, 0.717) is 17.9 Å². The van der Waals surface area contributed by atoms with Crippen molar-refractivity contribution in [2.45, 2.75) is 20.3 Å². The fourth-order valence-corrected chi connectivity index (χ4v) is 1.62. The lowest BCUT2D eigenvalue weighted by Crippen LogP contribution is -2.03. The van der Waals surface area contributed by atoms with E-state index in [4.69, 9.17) is 4.74 Å². The van der Waals surface area contributed by atoms with Crippen LogP contribution >= 0.6 is 0 Å². The second-order valence-corrected chi connectivity index (χ2v) is 4.00. The van der Waals surface area contributed by atoms with E-state index in [1.165, 1.54) is 0 Å². The topological polar surface area (TPSA) is 47.9 Å². The van der Waals surface area contributed by atoms with Gasteiger partial charge in [-0.05, 0) is 25.5 Å². The summed E-state index contributed by atoms with van der Waals surface area (Å²) in [6.07, 6.45) is 2.69. The molecule has 0 saturated heterocycles. The first-order chi connectivity index (χ1) is 8.72. The smallest absolute Gasteiger partial charge is 0.367 e. The van der Waals surface area contributed by atoms with Crippen molar-refractivity contribution < 1.29 is 14.4 Å². The first kappa shape index (κ1) is 12.4. The molecule has 0 fully saturated rings. The zero-order valence-electron chi connectivity index (χ0n) is 10.5. The lowest BCUT2D eigenvalue weighted by Gasteiger charge is -2.08. The molecular formula is C14H15NO3. The number of benzene rings is 1. The van der Waals surface area contributed by atoms with Crippen LogP contribution in [0.1, 0.15) is 25.8 Å². The Kier molecular flexibility index (Phi) is 3.77. The summed E-state index contributed by atoms with van der Waals surface area (Å²) in [5, 5.41) is 3.64. The van der Waals surface area contributed by atoms with Gasteiger partial charge in [-0.25, -0.2) is 4.79 Å². The molecule has 0 aliphatic carbocycles. The van der Waals surface area contributed by atoms with E-state index in [-0.39, 0.29) is 0 Å². The van der Waals surface area contributed by atoms with Gasteiger partial charge in [-0.15, -0.1) is 0 Å². The summed E-state index contributed by atoms with van der Waals surface area (Å²) in [5.74, 6) is 0.345. The Balaban J connectivity index is 2.31. The molecule has 1 aliphatic heterocycles. The standard InChI is InChI=1S/C14H15NO3/c1-3-8-17-13-7-5-4-6-11(13)9-12-10(2)15-18-14(12)16/h4-7,9H,3,8H2,1-2H3/b12-9+. The minimum absolute atomic E-state index is 0.419. The molecule has 0 saturated carbocycles. The average Bonchev–Trinajstić information content (AvgIpc) is 2.69. The van der Waals surface area contributed by atoms with Crippen LogP contribution in [0.4, 0.5) is 0 Å². The van der Waals surface area contributed by atoms with E-state index in [0.717, 1.165) is 17.7 Å². The summed E-state index contributed by atoms with van der Waals surface area (Å²) >= 11 is 0. The molecule has 1 aromatic rings. The van der Waals surface area contributed by atoms with Crippen LogP contribution in [0, 0.1) is 0 Å². The first-order valence-electron chi connectivity index (χ1n) is 5.92. The Morgan fingerprint density at radius 3 is 2.83 bits per heavy atom. The van der Waals surface area contributed by atoms with Crippen molar-refractivity contribution in [1.29, 1.82) is 0 Å². The number of hydrogen-bond donors (Lipinski definition) is 0. The largest absolute Gasteiger partial charge is 0.493 e. The van der Waals surface area contributed by atoms with E-state index in [9.17, 15) is 4.79 Å². The molecule has 0 bridgehead atoms. The van der Waals surface area contributed by atoms with E-state index in [1.807, 2.05) is 31.2 Å². The van der Waals surface area contributed by atoms with Crippen molar-refractivity contribution in [2.24, 2.45) is 5.16 Å². The number of ether oxygens (including phenoxy) is 1. The van der Waals surface area contributed by atoms with Crippen LogP contribution in [0.3, 0.4) is 0 Å². The van der Waals surface area contributed by atoms with Crippen LogP contribution < -0.4 is 4.74 Å². The van der Waals surface area contributed by atoms with Gasteiger partial charge in [0.1, 0.15) is 5.75 Å². The van der Waals surface area contributed by atoms with Gasteiger partial charge >= 0.3 is 5.97 Å². The van der Waals surface area contributed by atoms with Gasteiger partial charge in [0.2, 0.25) is 0 Å². The molecule has 18 heavy (non-hydrogen) atoms. The predicted octanol–water partition coefficient (Wildman–Crippen LogP) is 2.79. The first-order valence-corrected chi connectivity index (χ1v) is 5.92. The van der Waals surface area contributed by atoms with Gasteiger partial charge < -0.3 is 9.57 Å². The Morgan fingerprint density at radius 1 is 1.39 bits per heavy atom. The van der Waals surface area contributed by atoms with Gasteiger partial charge in [0.25, 0.3) is 0 Å². The zero-order chi connectivity index (χ0) is 13.0. The molecule has 0 aromatic heterocycles. The lowest BCUT2D eigenvalue weighted by molar-refractivity contribution is -0.136. The van der Waals surface area contributed by atoms with Crippen LogP contribution in [0.25, 0.3) is 6.08 Å². The van der Waals surface area contributed by atoms with Crippen molar-refractivity contribution >= 4 is 17.8 Å². The minimum Gasteiger partial charge on any atom is -0.493 e. The number of rotatable bonds is 4. The summed E-state index contributed by atoms with van der Waals surface area (Å²) in [7, 11) is 0. The fraction of sp³-hybridized carbons (Fsp3) is 0.286. The highest BCUT2D eigenvalue weighted by atomic mass is 16.7. The Hall–Kier alpha value is -2.10. The maximum absolute atomic E-state index is 11.5. The summed E-state index contributed by atoms with van der Waals surface area (Å²) in [5.41, 5.74) is 1.92. The average molecular weight is 245 g/mol. The van der Waals surface area contributed by atoms with E-state index < -0.39 is 5.97 Å². The zero-order valence-corrected chi connectivity index (χ0v) is 10.5. The molecule has 0 N–H and O–H groups in total. The van der Waals surface area contributed by atoms with E-state index in [1.54, 1.807) is 13.0 Å². The molecule has 0 atom stereocenters. The third-order valence-electron chi connectivity index (χ3n) is 2.56. The monoisotopic (exact) mass is 245 g/mol. The molecule has 1 aliphatic rings. The molecule has 4 nitrogen and oxygen atoms in total. The third-order valence-corrected chi connectivity index (χ3v) is 2.56. The van der Waals surface area contributed by atoms with Gasteiger partial charge in [0, 0.05) is 5.56 Å². The molecule has 0 radical (unpaired) electrons.